The number of nitrogens with one attached hydrogen (secondary N) is 1. The first kappa shape index (κ1) is 16.5. The third-order valence-electron chi connectivity index (χ3n) is 3.08. The number of aryl methyl sites for hydroxylation is 1. The summed E-state index contributed by atoms with van der Waals surface area (Å²) < 4.78 is 8.00. The van der Waals surface area contributed by atoms with Crippen LogP contribution in [-0.4, -0.2) is 6.04 Å². The van der Waals surface area contributed by atoms with Crippen LogP contribution in [0.2, 0.25) is 0 Å². The lowest BCUT2D eigenvalue weighted by atomic mass is 10.1. The molecule has 0 amide bonds. The van der Waals surface area contributed by atoms with Crippen molar-refractivity contribution in [3.8, 4) is 11.5 Å². The van der Waals surface area contributed by atoms with Crippen molar-refractivity contribution in [3.05, 3.63) is 56.5 Å². The molecule has 0 aromatic heterocycles. The van der Waals surface area contributed by atoms with Gasteiger partial charge in [0.25, 0.3) is 0 Å². The standard InChI is InChI=1S/C17H19Br2NO/c1-11(2)20-10-13-5-4-12(3)17(8-13)21-16-7-6-14(18)9-15(16)19/h4-9,11,20H,10H2,1-3H3. The van der Waals surface area contributed by atoms with Gasteiger partial charge in [0.1, 0.15) is 11.5 Å². The molecule has 2 nitrogen and oxygen atoms in total. The van der Waals surface area contributed by atoms with Crippen LogP contribution in [0.3, 0.4) is 0 Å². The van der Waals surface area contributed by atoms with Crippen molar-refractivity contribution in [1.29, 1.82) is 0 Å². The summed E-state index contributed by atoms with van der Waals surface area (Å²) in [6, 6.07) is 12.7. The maximum Gasteiger partial charge on any atom is 0.141 e. The van der Waals surface area contributed by atoms with Crippen LogP contribution in [0.1, 0.15) is 25.0 Å². The zero-order valence-electron chi connectivity index (χ0n) is 12.4. The average Bonchev–Trinajstić information content (AvgIpc) is 2.42. The molecule has 4 heteroatoms. The van der Waals surface area contributed by atoms with Gasteiger partial charge in [-0.1, -0.05) is 41.9 Å². The molecule has 1 N–H and O–H groups in total. The van der Waals surface area contributed by atoms with Gasteiger partial charge in [-0.3, -0.25) is 0 Å². The van der Waals surface area contributed by atoms with E-state index in [1.165, 1.54) is 5.56 Å². The van der Waals surface area contributed by atoms with Crippen molar-refractivity contribution in [2.24, 2.45) is 0 Å². The minimum absolute atomic E-state index is 0.469. The zero-order chi connectivity index (χ0) is 15.4. The fraction of sp³-hybridized carbons (Fsp3) is 0.294. The summed E-state index contributed by atoms with van der Waals surface area (Å²) in [5, 5.41) is 3.42. The van der Waals surface area contributed by atoms with E-state index < -0.39 is 0 Å². The van der Waals surface area contributed by atoms with Gasteiger partial charge in [0.15, 0.2) is 0 Å². The van der Waals surface area contributed by atoms with Crippen LogP contribution >= 0.6 is 31.9 Å². The van der Waals surface area contributed by atoms with E-state index >= 15 is 0 Å². The normalized spacial score (nSPS) is 11.0. The van der Waals surface area contributed by atoms with Gasteiger partial charge in [0.05, 0.1) is 4.47 Å². The Labute approximate surface area is 143 Å². The van der Waals surface area contributed by atoms with Crippen molar-refractivity contribution < 1.29 is 4.74 Å². The Balaban J connectivity index is 2.20. The highest BCUT2D eigenvalue weighted by Gasteiger charge is 2.07. The molecule has 0 heterocycles. The Kier molecular flexibility index (Phi) is 5.85. The molecule has 0 bridgehead atoms. The number of hydrogen-bond donors (Lipinski definition) is 1. The first-order valence-corrected chi connectivity index (χ1v) is 8.50. The van der Waals surface area contributed by atoms with E-state index in [-0.39, 0.29) is 0 Å². The molecule has 0 radical (unpaired) electrons. The van der Waals surface area contributed by atoms with Crippen molar-refractivity contribution in [1.82, 2.24) is 5.32 Å². The lowest BCUT2D eigenvalue weighted by Gasteiger charge is -2.13. The summed E-state index contributed by atoms with van der Waals surface area (Å²) >= 11 is 6.98. The van der Waals surface area contributed by atoms with Crippen LogP contribution in [0.15, 0.2) is 45.3 Å². The quantitative estimate of drug-likeness (QED) is 0.668. The molecule has 112 valence electrons. The number of benzene rings is 2. The molecular weight excluding hydrogens is 394 g/mol. The molecule has 21 heavy (non-hydrogen) atoms. The summed E-state index contributed by atoms with van der Waals surface area (Å²) in [5.74, 6) is 1.70. The molecule has 0 spiro atoms. The van der Waals surface area contributed by atoms with Gasteiger partial charge in [0, 0.05) is 17.1 Å². The zero-order valence-corrected chi connectivity index (χ0v) is 15.6. The fourth-order valence-corrected chi connectivity index (χ4v) is 2.99. The van der Waals surface area contributed by atoms with Gasteiger partial charge >= 0.3 is 0 Å². The molecule has 0 fully saturated rings. The molecule has 2 rings (SSSR count). The largest absolute Gasteiger partial charge is 0.456 e. The van der Waals surface area contributed by atoms with E-state index in [2.05, 4.69) is 76.1 Å². The predicted molar refractivity (Wildman–Crippen MR) is 95.1 cm³/mol. The second-order valence-corrected chi connectivity index (χ2v) is 7.08. The molecule has 0 saturated heterocycles. The highest BCUT2D eigenvalue weighted by atomic mass is 79.9. The highest BCUT2D eigenvalue weighted by molar-refractivity contribution is 9.11. The number of halogens is 2. The molecule has 0 aliphatic rings. The smallest absolute Gasteiger partial charge is 0.141 e. The van der Waals surface area contributed by atoms with E-state index in [1.54, 1.807) is 0 Å². The summed E-state index contributed by atoms with van der Waals surface area (Å²) in [6.45, 7) is 7.19. The molecule has 0 aliphatic carbocycles. The fourth-order valence-electron chi connectivity index (χ4n) is 1.86. The van der Waals surface area contributed by atoms with Crippen molar-refractivity contribution in [3.63, 3.8) is 0 Å². The van der Waals surface area contributed by atoms with E-state index in [4.69, 9.17) is 4.74 Å². The van der Waals surface area contributed by atoms with Crippen LogP contribution in [0.4, 0.5) is 0 Å². The van der Waals surface area contributed by atoms with E-state index in [0.29, 0.717) is 6.04 Å². The monoisotopic (exact) mass is 411 g/mol. The maximum atomic E-state index is 6.05. The molecule has 2 aromatic carbocycles. The van der Waals surface area contributed by atoms with Gasteiger partial charge in [-0.15, -0.1) is 0 Å². The van der Waals surface area contributed by atoms with Gasteiger partial charge in [-0.2, -0.15) is 0 Å². The SMILES string of the molecule is Cc1ccc(CNC(C)C)cc1Oc1ccc(Br)cc1Br. The van der Waals surface area contributed by atoms with Crippen molar-refractivity contribution in [2.75, 3.05) is 0 Å². The predicted octanol–water partition coefficient (Wildman–Crippen LogP) is 5.81. The molecule has 2 aromatic rings. The van der Waals surface area contributed by atoms with E-state index in [9.17, 15) is 0 Å². The molecule has 0 atom stereocenters. The van der Waals surface area contributed by atoms with E-state index in [1.807, 2.05) is 18.2 Å². The van der Waals surface area contributed by atoms with Crippen molar-refractivity contribution >= 4 is 31.9 Å². The first-order valence-electron chi connectivity index (χ1n) is 6.91. The van der Waals surface area contributed by atoms with Crippen molar-refractivity contribution in [2.45, 2.75) is 33.4 Å². The van der Waals surface area contributed by atoms with Crippen LogP contribution in [-0.2, 0) is 6.54 Å². The van der Waals surface area contributed by atoms with Gasteiger partial charge in [-0.25, -0.2) is 0 Å². The Morgan fingerprint density at radius 1 is 1.05 bits per heavy atom. The van der Waals surface area contributed by atoms with Gasteiger partial charge < -0.3 is 10.1 Å². The topological polar surface area (TPSA) is 21.3 Å². The minimum atomic E-state index is 0.469. The second kappa shape index (κ2) is 7.43. The first-order chi connectivity index (χ1) is 9.95. The van der Waals surface area contributed by atoms with Crippen LogP contribution < -0.4 is 10.1 Å². The van der Waals surface area contributed by atoms with Crippen LogP contribution in [0.5, 0.6) is 11.5 Å². The molecule has 0 saturated carbocycles. The van der Waals surface area contributed by atoms with Crippen LogP contribution in [0.25, 0.3) is 0 Å². The Morgan fingerprint density at radius 3 is 2.48 bits per heavy atom. The summed E-state index contributed by atoms with van der Waals surface area (Å²) in [5.41, 5.74) is 2.34. The Morgan fingerprint density at radius 2 is 1.81 bits per heavy atom. The number of rotatable bonds is 5. The van der Waals surface area contributed by atoms with Gasteiger partial charge in [0.2, 0.25) is 0 Å². The molecular formula is C17H19Br2NO. The molecule has 0 unspecified atom stereocenters. The Hall–Kier alpha value is -0.840. The van der Waals surface area contributed by atoms with Crippen LogP contribution in [0, 0.1) is 6.92 Å². The third-order valence-corrected chi connectivity index (χ3v) is 4.19. The third kappa shape index (κ3) is 4.83. The van der Waals surface area contributed by atoms with E-state index in [0.717, 1.165) is 32.6 Å². The maximum absolute atomic E-state index is 6.05. The van der Waals surface area contributed by atoms with Gasteiger partial charge in [-0.05, 0) is 58.2 Å². The second-order valence-electron chi connectivity index (χ2n) is 5.31. The average molecular weight is 413 g/mol. The lowest BCUT2D eigenvalue weighted by molar-refractivity contribution is 0.474. The minimum Gasteiger partial charge on any atom is -0.456 e. The lowest BCUT2D eigenvalue weighted by Crippen LogP contribution is -2.21. The number of hydrogen-bond acceptors (Lipinski definition) is 2. The summed E-state index contributed by atoms with van der Waals surface area (Å²) in [7, 11) is 0. The summed E-state index contributed by atoms with van der Waals surface area (Å²) in [4.78, 5) is 0. The molecule has 0 aliphatic heterocycles. The number of ether oxygens (including phenoxy) is 1. The highest BCUT2D eigenvalue weighted by Crippen LogP contribution is 2.33. The summed E-state index contributed by atoms with van der Waals surface area (Å²) in [6.07, 6.45) is 0. The Bertz CT molecular complexity index is 626.